The van der Waals surface area contributed by atoms with Crippen LogP contribution in [0.25, 0.3) is 10.9 Å². The summed E-state index contributed by atoms with van der Waals surface area (Å²) in [6, 6.07) is 11.9. The largest absolute Gasteiger partial charge is 0.389 e. The number of anilines is 1. The van der Waals surface area contributed by atoms with Crippen molar-refractivity contribution in [3.63, 3.8) is 0 Å². The molecule has 0 atom stereocenters. The fraction of sp³-hybridized carbons (Fsp3) is 0.125. The smallest absolute Gasteiger partial charge is 0.127 e. The molecule has 3 aromatic rings. The first kappa shape index (κ1) is 14.0. The Labute approximate surface area is 132 Å². The maximum Gasteiger partial charge on any atom is 0.127 e. The summed E-state index contributed by atoms with van der Waals surface area (Å²) in [4.78, 5) is 6.33. The monoisotopic (exact) mass is 313 g/mol. The van der Waals surface area contributed by atoms with Gasteiger partial charge in [0.05, 0.1) is 12.1 Å². The maximum atomic E-state index is 5.84. The van der Waals surface area contributed by atoms with Gasteiger partial charge in [-0.3, -0.25) is 0 Å². The Hall–Kier alpha value is -1.98. The third-order valence-corrected chi connectivity index (χ3v) is 4.62. The van der Waals surface area contributed by atoms with Crippen LogP contribution in [-0.4, -0.2) is 9.97 Å². The third-order valence-electron chi connectivity index (χ3n) is 3.38. The van der Waals surface area contributed by atoms with Crippen LogP contribution in [-0.2, 0) is 6.54 Å². The highest BCUT2D eigenvalue weighted by Crippen LogP contribution is 2.22. The lowest BCUT2D eigenvalue weighted by atomic mass is 10.1. The lowest BCUT2D eigenvalue weighted by molar-refractivity contribution is 1.14. The topological polar surface area (TPSA) is 50.9 Å². The Morgan fingerprint density at radius 1 is 1.33 bits per heavy atom. The van der Waals surface area contributed by atoms with Crippen molar-refractivity contribution in [2.75, 3.05) is 5.32 Å². The van der Waals surface area contributed by atoms with Crippen LogP contribution in [0.4, 0.5) is 5.82 Å². The van der Waals surface area contributed by atoms with E-state index in [1.165, 1.54) is 10.4 Å². The van der Waals surface area contributed by atoms with Gasteiger partial charge in [0.25, 0.3) is 0 Å². The van der Waals surface area contributed by atoms with Crippen LogP contribution in [0, 0.1) is 6.92 Å². The molecule has 0 amide bonds. The molecule has 0 spiro atoms. The number of rotatable bonds is 4. The van der Waals surface area contributed by atoms with Crippen LogP contribution < -0.4 is 11.1 Å². The van der Waals surface area contributed by atoms with Gasteiger partial charge in [0, 0.05) is 15.8 Å². The molecule has 1 aromatic carbocycles. The van der Waals surface area contributed by atoms with E-state index < -0.39 is 0 Å². The van der Waals surface area contributed by atoms with Crippen molar-refractivity contribution < 1.29 is 0 Å². The van der Waals surface area contributed by atoms with Gasteiger partial charge < -0.3 is 11.1 Å². The van der Waals surface area contributed by atoms with Gasteiger partial charge in [-0.25, -0.2) is 4.98 Å². The molecule has 0 unspecified atom stereocenters. The predicted octanol–water partition coefficient (Wildman–Crippen LogP) is 3.85. The molecule has 0 bridgehead atoms. The van der Waals surface area contributed by atoms with Gasteiger partial charge in [0.2, 0.25) is 0 Å². The zero-order valence-electron chi connectivity index (χ0n) is 11.6. The van der Waals surface area contributed by atoms with Gasteiger partial charge in [0.1, 0.15) is 10.8 Å². The van der Waals surface area contributed by atoms with E-state index in [4.69, 9.17) is 18.0 Å². The third kappa shape index (κ3) is 2.89. The summed E-state index contributed by atoms with van der Waals surface area (Å²) in [6.45, 7) is 2.87. The standard InChI is InChI=1S/C16H15N3S2/c1-10-6-7-21-14(10)9-18-15-8-12(16(17)20)11-4-2-3-5-13(11)19-15/h2-8H,9H2,1H3,(H2,17,20)(H,18,19). The van der Waals surface area contributed by atoms with Crippen molar-refractivity contribution in [2.45, 2.75) is 13.5 Å². The molecule has 0 aliphatic heterocycles. The molecule has 3 N–H and O–H groups in total. The van der Waals surface area contributed by atoms with E-state index in [1.807, 2.05) is 30.3 Å². The highest BCUT2D eigenvalue weighted by molar-refractivity contribution is 7.80. The summed E-state index contributed by atoms with van der Waals surface area (Å²) in [5, 5.41) is 6.45. The average molecular weight is 313 g/mol. The summed E-state index contributed by atoms with van der Waals surface area (Å²) < 4.78 is 0. The van der Waals surface area contributed by atoms with E-state index in [1.54, 1.807) is 11.3 Å². The minimum absolute atomic E-state index is 0.393. The molecular formula is C16H15N3S2. The molecule has 3 rings (SSSR count). The number of hydrogen-bond acceptors (Lipinski definition) is 4. The van der Waals surface area contributed by atoms with Gasteiger partial charge in [-0.15, -0.1) is 11.3 Å². The van der Waals surface area contributed by atoms with Crippen molar-refractivity contribution in [2.24, 2.45) is 5.73 Å². The van der Waals surface area contributed by atoms with E-state index in [-0.39, 0.29) is 0 Å². The molecule has 0 aliphatic carbocycles. The second kappa shape index (κ2) is 5.79. The van der Waals surface area contributed by atoms with Gasteiger partial charge in [-0.2, -0.15) is 0 Å². The number of nitrogens with two attached hydrogens (primary N) is 1. The summed E-state index contributed by atoms with van der Waals surface area (Å²) >= 11 is 6.90. The lowest BCUT2D eigenvalue weighted by Gasteiger charge is -2.10. The predicted molar refractivity (Wildman–Crippen MR) is 94.0 cm³/mol. The van der Waals surface area contributed by atoms with E-state index in [0.717, 1.165) is 28.8 Å². The quantitative estimate of drug-likeness (QED) is 0.718. The van der Waals surface area contributed by atoms with Gasteiger partial charge in [0.15, 0.2) is 0 Å². The fourth-order valence-corrected chi connectivity index (χ4v) is 3.24. The Kier molecular flexibility index (Phi) is 3.86. The number of fused-ring (bicyclic) bond motifs is 1. The number of thiophene rings is 1. The first-order valence-electron chi connectivity index (χ1n) is 6.61. The maximum absolute atomic E-state index is 5.84. The normalized spacial score (nSPS) is 10.7. The SMILES string of the molecule is Cc1ccsc1CNc1cc(C(N)=S)c2ccccc2n1. The number of nitrogens with zero attached hydrogens (tertiary/aromatic N) is 1. The van der Waals surface area contributed by atoms with Crippen molar-refractivity contribution in [1.29, 1.82) is 0 Å². The number of thiocarbonyl (C=S) groups is 1. The molecule has 0 saturated heterocycles. The first-order chi connectivity index (χ1) is 10.1. The van der Waals surface area contributed by atoms with Crippen molar-refractivity contribution in [3.8, 4) is 0 Å². The number of aromatic nitrogens is 1. The molecule has 0 saturated carbocycles. The van der Waals surface area contributed by atoms with Crippen LogP contribution in [0.15, 0.2) is 41.8 Å². The van der Waals surface area contributed by atoms with Crippen LogP contribution in [0.2, 0.25) is 0 Å². The van der Waals surface area contributed by atoms with Crippen LogP contribution in [0.5, 0.6) is 0 Å². The number of pyridine rings is 1. The minimum atomic E-state index is 0.393. The van der Waals surface area contributed by atoms with Crippen LogP contribution >= 0.6 is 23.6 Å². The first-order valence-corrected chi connectivity index (χ1v) is 7.90. The van der Waals surface area contributed by atoms with Crippen LogP contribution in [0.3, 0.4) is 0 Å². The molecule has 21 heavy (non-hydrogen) atoms. The van der Waals surface area contributed by atoms with E-state index in [2.05, 4.69) is 28.7 Å². The molecule has 2 heterocycles. The van der Waals surface area contributed by atoms with Crippen molar-refractivity contribution in [3.05, 3.63) is 57.8 Å². The Balaban J connectivity index is 1.95. The van der Waals surface area contributed by atoms with Gasteiger partial charge >= 0.3 is 0 Å². The van der Waals surface area contributed by atoms with E-state index in [0.29, 0.717) is 4.99 Å². The molecule has 5 heteroatoms. The van der Waals surface area contributed by atoms with Crippen LogP contribution in [0.1, 0.15) is 16.0 Å². The second-order valence-corrected chi connectivity index (χ2v) is 6.26. The summed E-state index contributed by atoms with van der Waals surface area (Å²) in [5.74, 6) is 0.796. The lowest BCUT2D eigenvalue weighted by Crippen LogP contribution is -2.11. The van der Waals surface area contributed by atoms with Crippen molar-refractivity contribution >= 4 is 45.3 Å². The number of benzene rings is 1. The number of nitrogens with one attached hydrogen (secondary N) is 1. The molecule has 0 radical (unpaired) electrons. The highest BCUT2D eigenvalue weighted by atomic mass is 32.1. The average Bonchev–Trinajstić information content (AvgIpc) is 2.89. The number of hydrogen-bond donors (Lipinski definition) is 2. The molecule has 3 nitrogen and oxygen atoms in total. The summed E-state index contributed by atoms with van der Waals surface area (Å²) in [6.07, 6.45) is 0. The molecule has 106 valence electrons. The molecule has 2 aromatic heterocycles. The number of para-hydroxylation sites is 1. The summed E-state index contributed by atoms with van der Waals surface area (Å²) in [7, 11) is 0. The van der Waals surface area contributed by atoms with Gasteiger partial charge in [-0.05, 0) is 36.1 Å². The zero-order valence-corrected chi connectivity index (χ0v) is 13.2. The van der Waals surface area contributed by atoms with E-state index in [9.17, 15) is 0 Å². The Bertz CT molecular complexity index is 808. The van der Waals surface area contributed by atoms with E-state index >= 15 is 0 Å². The molecule has 0 fully saturated rings. The van der Waals surface area contributed by atoms with Gasteiger partial charge in [-0.1, -0.05) is 30.4 Å². The second-order valence-electron chi connectivity index (χ2n) is 4.82. The van der Waals surface area contributed by atoms with Crippen molar-refractivity contribution in [1.82, 2.24) is 4.98 Å². The Morgan fingerprint density at radius 3 is 2.86 bits per heavy atom. The highest BCUT2D eigenvalue weighted by Gasteiger charge is 2.08. The number of aryl methyl sites for hydroxylation is 1. The fourth-order valence-electron chi connectivity index (χ4n) is 2.23. The Morgan fingerprint density at radius 2 is 2.14 bits per heavy atom. The minimum Gasteiger partial charge on any atom is -0.389 e. The zero-order chi connectivity index (χ0) is 14.8. The molecule has 0 aliphatic rings. The molecular weight excluding hydrogens is 298 g/mol. The summed E-state index contributed by atoms with van der Waals surface area (Å²) in [5.41, 5.74) is 8.89.